The summed E-state index contributed by atoms with van der Waals surface area (Å²) in [5.74, 6) is 0.0243. The highest BCUT2D eigenvalue weighted by molar-refractivity contribution is 6.05. The molecule has 1 saturated carbocycles. The highest BCUT2D eigenvalue weighted by atomic mass is 16.2. The zero-order valence-corrected chi connectivity index (χ0v) is 14.1. The summed E-state index contributed by atoms with van der Waals surface area (Å²) in [6, 6.07) is -0.167. The molecule has 4 heteroatoms. The van der Waals surface area contributed by atoms with Gasteiger partial charge in [-0.05, 0) is 19.3 Å². The number of fused-ring (bicyclic) bond motifs is 2. The van der Waals surface area contributed by atoms with Gasteiger partial charge in [0.15, 0.2) is 0 Å². The van der Waals surface area contributed by atoms with E-state index in [1.54, 1.807) is 0 Å². The Hall–Kier alpha value is -1.45. The minimum atomic E-state index is -0.617. The molecule has 3 aliphatic rings. The Bertz CT molecular complexity index is 605. The molecule has 2 bridgehead atoms. The number of hydrogen-bond donors (Lipinski definition) is 0. The molecule has 0 unspecified atom stereocenters. The SMILES string of the molecule is C[C@H]1CC(=O)CC[C@@]1(C)C(=O)N1C(=O)[C@]2(C)C=C[C@H]1C2(C)C. The quantitative estimate of drug-likeness (QED) is 0.553. The van der Waals surface area contributed by atoms with E-state index in [1.807, 2.05) is 32.9 Å². The molecule has 2 aliphatic carbocycles. The van der Waals surface area contributed by atoms with Crippen LogP contribution in [0, 0.1) is 22.2 Å². The van der Waals surface area contributed by atoms with E-state index in [0.717, 1.165) is 0 Å². The van der Waals surface area contributed by atoms with Gasteiger partial charge in [0.05, 0.1) is 16.9 Å². The van der Waals surface area contributed by atoms with Crippen molar-refractivity contribution in [1.29, 1.82) is 0 Å². The van der Waals surface area contributed by atoms with Crippen LogP contribution in [0.1, 0.15) is 53.9 Å². The summed E-state index contributed by atoms with van der Waals surface area (Å²) >= 11 is 0. The lowest BCUT2D eigenvalue weighted by atomic mass is 9.67. The number of hydrogen-bond acceptors (Lipinski definition) is 3. The molecule has 0 aromatic heterocycles. The summed E-state index contributed by atoms with van der Waals surface area (Å²) in [5.41, 5.74) is -1.49. The molecule has 2 amide bonds. The average molecular weight is 303 g/mol. The smallest absolute Gasteiger partial charge is 0.240 e. The molecular weight excluding hydrogens is 278 g/mol. The topological polar surface area (TPSA) is 54.5 Å². The van der Waals surface area contributed by atoms with Crippen molar-refractivity contribution in [1.82, 2.24) is 4.90 Å². The zero-order chi connectivity index (χ0) is 16.5. The fraction of sp³-hybridized carbons (Fsp3) is 0.722. The number of imide groups is 1. The number of carbonyl (C=O) groups is 3. The lowest BCUT2D eigenvalue weighted by Crippen LogP contribution is -2.52. The third kappa shape index (κ3) is 1.61. The summed E-state index contributed by atoms with van der Waals surface area (Å²) in [4.78, 5) is 39.3. The maximum absolute atomic E-state index is 13.2. The van der Waals surface area contributed by atoms with Gasteiger partial charge in [-0.15, -0.1) is 0 Å². The molecule has 1 aliphatic heterocycles. The summed E-state index contributed by atoms with van der Waals surface area (Å²) < 4.78 is 0. The molecule has 3 rings (SSSR count). The van der Waals surface area contributed by atoms with Crippen LogP contribution >= 0.6 is 0 Å². The van der Waals surface area contributed by atoms with E-state index in [4.69, 9.17) is 0 Å². The van der Waals surface area contributed by atoms with E-state index >= 15 is 0 Å². The molecule has 0 N–H and O–H groups in total. The zero-order valence-electron chi connectivity index (χ0n) is 14.1. The minimum Gasteiger partial charge on any atom is -0.300 e. The molecule has 0 radical (unpaired) electrons. The highest BCUT2D eigenvalue weighted by Gasteiger charge is 2.66. The minimum absolute atomic E-state index is 0.0203. The normalized spacial score (nSPS) is 43.0. The third-order valence-corrected chi connectivity index (χ3v) is 6.88. The lowest BCUT2D eigenvalue weighted by molar-refractivity contribution is -0.156. The van der Waals surface area contributed by atoms with Crippen LogP contribution in [0.4, 0.5) is 0 Å². The van der Waals surface area contributed by atoms with E-state index in [9.17, 15) is 14.4 Å². The van der Waals surface area contributed by atoms with Gasteiger partial charge >= 0.3 is 0 Å². The number of likely N-dealkylation sites (tertiary alicyclic amines) is 1. The molecule has 0 aromatic rings. The number of ketones is 1. The molecular formula is C18H25NO3. The fourth-order valence-electron chi connectivity index (χ4n) is 4.30. The second-order valence-corrected chi connectivity index (χ2v) is 8.27. The third-order valence-electron chi connectivity index (χ3n) is 6.88. The van der Waals surface area contributed by atoms with Crippen LogP contribution < -0.4 is 0 Å². The molecule has 4 atom stereocenters. The Labute approximate surface area is 131 Å². The van der Waals surface area contributed by atoms with Gasteiger partial charge in [0.2, 0.25) is 11.8 Å². The summed E-state index contributed by atoms with van der Waals surface area (Å²) in [6.07, 6.45) is 5.38. The Morgan fingerprint density at radius 1 is 1.23 bits per heavy atom. The maximum atomic E-state index is 13.2. The number of rotatable bonds is 1. The standard InChI is InChI=1S/C18H25NO3/c1-11-10-12(20)6-8-17(11,4)14(21)19-13-7-9-18(5,15(19)22)16(13,2)3/h7,9,11,13H,6,8,10H2,1-5H3/t11-,13-,17+,18-/m0/s1. The Morgan fingerprint density at radius 3 is 2.36 bits per heavy atom. The molecule has 2 fully saturated rings. The van der Waals surface area contributed by atoms with Gasteiger partial charge in [0.25, 0.3) is 0 Å². The molecule has 1 heterocycles. The lowest BCUT2D eigenvalue weighted by Gasteiger charge is -2.41. The fourth-order valence-corrected chi connectivity index (χ4v) is 4.30. The first kappa shape index (κ1) is 15.4. The van der Waals surface area contributed by atoms with Crippen molar-refractivity contribution in [2.24, 2.45) is 22.2 Å². The first-order valence-corrected chi connectivity index (χ1v) is 8.15. The number of amides is 2. The molecule has 1 saturated heterocycles. The molecule has 0 aromatic carbocycles. The van der Waals surface area contributed by atoms with E-state index < -0.39 is 10.8 Å². The van der Waals surface area contributed by atoms with Crippen LogP contribution in [0.25, 0.3) is 0 Å². The van der Waals surface area contributed by atoms with Gasteiger partial charge < -0.3 is 0 Å². The Balaban J connectivity index is 1.96. The van der Waals surface area contributed by atoms with Gasteiger partial charge in [0.1, 0.15) is 5.78 Å². The molecule has 4 nitrogen and oxygen atoms in total. The average Bonchev–Trinajstić information content (AvgIpc) is 2.75. The van der Waals surface area contributed by atoms with Crippen LogP contribution in [0.5, 0.6) is 0 Å². The van der Waals surface area contributed by atoms with Crippen LogP contribution in [-0.4, -0.2) is 28.5 Å². The Morgan fingerprint density at radius 2 is 1.86 bits per heavy atom. The van der Waals surface area contributed by atoms with Crippen molar-refractivity contribution in [2.75, 3.05) is 0 Å². The van der Waals surface area contributed by atoms with E-state index in [-0.39, 0.29) is 35.0 Å². The maximum Gasteiger partial charge on any atom is 0.240 e. The van der Waals surface area contributed by atoms with Crippen molar-refractivity contribution in [3.05, 3.63) is 12.2 Å². The monoisotopic (exact) mass is 303 g/mol. The van der Waals surface area contributed by atoms with Gasteiger partial charge in [-0.2, -0.15) is 0 Å². The van der Waals surface area contributed by atoms with Gasteiger partial charge in [-0.25, -0.2) is 0 Å². The number of nitrogens with zero attached hydrogens (tertiary/aromatic N) is 1. The largest absolute Gasteiger partial charge is 0.300 e. The summed E-state index contributed by atoms with van der Waals surface area (Å²) in [6.45, 7) is 9.91. The molecule has 120 valence electrons. The van der Waals surface area contributed by atoms with Crippen molar-refractivity contribution in [3.63, 3.8) is 0 Å². The number of Topliss-reactive ketones (excluding diaryl/α,β-unsaturated/α-hetero) is 1. The van der Waals surface area contributed by atoms with Crippen LogP contribution in [0.3, 0.4) is 0 Å². The van der Waals surface area contributed by atoms with Gasteiger partial charge in [0, 0.05) is 18.3 Å². The second-order valence-electron chi connectivity index (χ2n) is 8.27. The van der Waals surface area contributed by atoms with Crippen molar-refractivity contribution < 1.29 is 14.4 Å². The van der Waals surface area contributed by atoms with Crippen molar-refractivity contribution >= 4 is 17.6 Å². The van der Waals surface area contributed by atoms with Crippen LogP contribution in [-0.2, 0) is 14.4 Å². The van der Waals surface area contributed by atoms with E-state index in [1.165, 1.54) is 4.90 Å². The highest BCUT2D eigenvalue weighted by Crippen LogP contribution is 2.58. The predicted molar refractivity (Wildman–Crippen MR) is 82.8 cm³/mol. The van der Waals surface area contributed by atoms with E-state index in [0.29, 0.717) is 19.3 Å². The van der Waals surface area contributed by atoms with Crippen LogP contribution in [0.15, 0.2) is 12.2 Å². The van der Waals surface area contributed by atoms with E-state index in [2.05, 4.69) is 13.8 Å². The van der Waals surface area contributed by atoms with Gasteiger partial charge in [-0.1, -0.05) is 39.8 Å². The first-order valence-electron chi connectivity index (χ1n) is 8.15. The first-order chi connectivity index (χ1) is 10.1. The van der Waals surface area contributed by atoms with Crippen LogP contribution in [0.2, 0.25) is 0 Å². The van der Waals surface area contributed by atoms with Gasteiger partial charge in [-0.3, -0.25) is 19.3 Å². The number of carbonyl (C=O) groups excluding carboxylic acids is 3. The Kier molecular flexibility index (Phi) is 3.02. The predicted octanol–water partition coefficient (Wildman–Crippen LogP) is 2.72. The summed E-state index contributed by atoms with van der Waals surface area (Å²) in [5, 5.41) is 0. The summed E-state index contributed by atoms with van der Waals surface area (Å²) in [7, 11) is 0. The van der Waals surface area contributed by atoms with Crippen molar-refractivity contribution in [3.8, 4) is 0 Å². The molecule has 22 heavy (non-hydrogen) atoms. The van der Waals surface area contributed by atoms with Crippen molar-refractivity contribution in [2.45, 2.75) is 59.9 Å². The second kappa shape index (κ2) is 4.30. The molecule has 0 spiro atoms.